The lowest BCUT2D eigenvalue weighted by molar-refractivity contribution is -0.123. The average Bonchev–Trinajstić information content (AvgIpc) is 2.69. The van der Waals surface area contributed by atoms with Crippen molar-refractivity contribution in [2.45, 2.75) is 6.92 Å². The van der Waals surface area contributed by atoms with Crippen LogP contribution in [0.2, 0.25) is 0 Å². The Morgan fingerprint density at radius 2 is 1.93 bits per heavy atom. The molecule has 1 heterocycles. The number of hydrogen-bond donors (Lipinski definition) is 1. The van der Waals surface area contributed by atoms with Gasteiger partial charge in [-0.25, -0.2) is 5.43 Å². The van der Waals surface area contributed by atoms with E-state index in [1.54, 1.807) is 18.5 Å². The number of halogens is 2. The standard InChI is InChI=1S/C20H17Br2N3O3/c1-2-27-20-15(21)9-13(10-16(20)22)11-24-25-18(26)12-28-17-7-3-5-14-6-4-8-23-19(14)17/h3-11H,2,12H2,1H3,(H,25,26)/b24-11-. The Hall–Kier alpha value is -2.45. The van der Waals surface area contributed by atoms with Gasteiger partial charge in [-0.05, 0) is 68.6 Å². The number of hydrogen-bond acceptors (Lipinski definition) is 5. The first-order chi connectivity index (χ1) is 13.6. The van der Waals surface area contributed by atoms with Crippen molar-refractivity contribution in [2.75, 3.05) is 13.2 Å². The number of aromatic nitrogens is 1. The molecule has 0 atom stereocenters. The lowest BCUT2D eigenvalue weighted by atomic mass is 10.2. The first kappa shape index (κ1) is 20.3. The van der Waals surface area contributed by atoms with E-state index >= 15 is 0 Å². The third-order valence-corrected chi connectivity index (χ3v) is 4.84. The molecular formula is C20H17Br2N3O3. The first-order valence-electron chi connectivity index (χ1n) is 8.48. The van der Waals surface area contributed by atoms with Crippen molar-refractivity contribution in [2.24, 2.45) is 5.10 Å². The molecule has 3 rings (SSSR count). The van der Waals surface area contributed by atoms with E-state index in [1.807, 2.05) is 43.3 Å². The van der Waals surface area contributed by atoms with Crippen molar-refractivity contribution in [3.8, 4) is 11.5 Å². The van der Waals surface area contributed by atoms with E-state index in [-0.39, 0.29) is 12.5 Å². The summed E-state index contributed by atoms with van der Waals surface area (Å²) >= 11 is 6.92. The summed E-state index contributed by atoms with van der Waals surface area (Å²) < 4.78 is 12.7. The zero-order valence-corrected chi connectivity index (χ0v) is 18.2. The number of nitrogens with one attached hydrogen (secondary N) is 1. The molecule has 0 aliphatic heterocycles. The summed E-state index contributed by atoms with van der Waals surface area (Å²) in [6.07, 6.45) is 3.23. The van der Waals surface area contributed by atoms with Gasteiger partial charge in [0.1, 0.15) is 17.0 Å². The monoisotopic (exact) mass is 505 g/mol. The molecule has 0 saturated carbocycles. The van der Waals surface area contributed by atoms with Crippen LogP contribution < -0.4 is 14.9 Å². The van der Waals surface area contributed by atoms with Crippen LogP contribution in [-0.4, -0.2) is 30.3 Å². The Bertz CT molecular complexity index is 996. The molecule has 2 aromatic carbocycles. The molecule has 1 N–H and O–H groups in total. The van der Waals surface area contributed by atoms with Crippen molar-refractivity contribution >= 4 is 54.9 Å². The van der Waals surface area contributed by atoms with E-state index in [2.05, 4.69) is 47.4 Å². The Balaban J connectivity index is 1.58. The van der Waals surface area contributed by atoms with Gasteiger partial charge in [-0.3, -0.25) is 9.78 Å². The third kappa shape index (κ3) is 5.08. The Morgan fingerprint density at radius 1 is 1.18 bits per heavy atom. The smallest absolute Gasteiger partial charge is 0.277 e. The maximum atomic E-state index is 12.0. The lowest BCUT2D eigenvalue weighted by Gasteiger charge is -2.09. The fraction of sp³-hybridized carbons (Fsp3) is 0.150. The van der Waals surface area contributed by atoms with Gasteiger partial charge in [0, 0.05) is 11.6 Å². The number of carbonyl (C=O) groups is 1. The maximum absolute atomic E-state index is 12.0. The fourth-order valence-electron chi connectivity index (χ4n) is 2.48. The molecule has 144 valence electrons. The van der Waals surface area contributed by atoms with Gasteiger partial charge >= 0.3 is 0 Å². The Kier molecular flexibility index (Phi) is 7.00. The molecule has 8 heteroatoms. The number of carbonyl (C=O) groups excluding carboxylic acids is 1. The number of ether oxygens (including phenoxy) is 2. The highest BCUT2D eigenvalue weighted by atomic mass is 79.9. The van der Waals surface area contributed by atoms with Crippen molar-refractivity contribution < 1.29 is 14.3 Å². The van der Waals surface area contributed by atoms with E-state index < -0.39 is 0 Å². The van der Waals surface area contributed by atoms with Gasteiger partial charge in [-0.1, -0.05) is 18.2 Å². The molecule has 3 aromatic rings. The SMILES string of the molecule is CCOc1c(Br)cc(/C=N\NC(=O)COc2cccc3cccnc23)cc1Br. The lowest BCUT2D eigenvalue weighted by Crippen LogP contribution is -2.24. The quantitative estimate of drug-likeness (QED) is 0.372. The highest BCUT2D eigenvalue weighted by molar-refractivity contribution is 9.11. The summed E-state index contributed by atoms with van der Waals surface area (Å²) in [6.45, 7) is 2.32. The molecule has 28 heavy (non-hydrogen) atoms. The van der Waals surface area contributed by atoms with E-state index in [9.17, 15) is 4.79 Å². The summed E-state index contributed by atoms with van der Waals surface area (Å²) in [5.41, 5.74) is 3.96. The van der Waals surface area contributed by atoms with Gasteiger partial charge in [-0.2, -0.15) is 5.10 Å². The number of pyridine rings is 1. The number of para-hydroxylation sites is 1. The normalized spacial score (nSPS) is 11.0. The first-order valence-corrected chi connectivity index (χ1v) is 10.1. The summed E-state index contributed by atoms with van der Waals surface area (Å²) in [4.78, 5) is 16.3. The van der Waals surface area contributed by atoms with Crippen LogP contribution in [0.1, 0.15) is 12.5 Å². The van der Waals surface area contributed by atoms with Gasteiger partial charge in [0.05, 0.1) is 21.8 Å². The number of amides is 1. The predicted octanol–water partition coefficient (Wildman–Crippen LogP) is 4.69. The molecule has 0 spiro atoms. The highest BCUT2D eigenvalue weighted by Gasteiger charge is 2.08. The van der Waals surface area contributed by atoms with Gasteiger partial charge in [-0.15, -0.1) is 0 Å². The predicted molar refractivity (Wildman–Crippen MR) is 116 cm³/mol. The summed E-state index contributed by atoms with van der Waals surface area (Å²) in [6, 6.07) is 13.1. The van der Waals surface area contributed by atoms with E-state index in [4.69, 9.17) is 9.47 Å². The number of benzene rings is 2. The van der Waals surface area contributed by atoms with Crippen LogP contribution >= 0.6 is 31.9 Å². The van der Waals surface area contributed by atoms with Crippen LogP contribution in [0.5, 0.6) is 11.5 Å². The van der Waals surface area contributed by atoms with Crippen molar-refractivity contribution in [1.82, 2.24) is 10.4 Å². The van der Waals surface area contributed by atoms with E-state index in [0.29, 0.717) is 17.9 Å². The maximum Gasteiger partial charge on any atom is 0.277 e. The Morgan fingerprint density at radius 3 is 2.68 bits per heavy atom. The number of nitrogens with zero attached hydrogens (tertiary/aromatic N) is 2. The molecule has 0 saturated heterocycles. The number of rotatable bonds is 7. The van der Waals surface area contributed by atoms with Crippen molar-refractivity contribution in [3.63, 3.8) is 0 Å². The minimum absolute atomic E-state index is 0.163. The average molecular weight is 507 g/mol. The van der Waals surface area contributed by atoms with Gasteiger partial charge in [0.25, 0.3) is 5.91 Å². The van der Waals surface area contributed by atoms with E-state index in [1.165, 1.54) is 0 Å². The molecule has 0 bridgehead atoms. The molecule has 1 amide bonds. The zero-order valence-electron chi connectivity index (χ0n) is 15.0. The van der Waals surface area contributed by atoms with Gasteiger partial charge < -0.3 is 9.47 Å². The summed E-state index contributed by atoms with van der Waals surface area (Å²) in [5, 5.41) is 4.92. The molecule has 0 fully saturated rings. The van der Waals surface area contributed by atoms with E-state index in [0.717, 1.165) is 25.6 Å². The minimum atomic E-state index is -0.367. The Labute approximate surface area is 179 Å². The van der Waals surface area contributed by atoms with Crippen LogP contribution in [0.15, 0.2) is 62.7 Å². The number of fused-ring (bicyclic) bond motifs is 1. The summed E-state index contributed by atoms with van der Waals surface area (Å²) in [7, 11) is 0. The highest BCUT2D eigenvalue weighted by Crippen LogP contribution is 2.34. The number of hydrazone groups is 1. The van der Waals surface area contributed by atoms with Gasteiger partial charge in [0.15, 0.2) is 6.61 Å². The third-order valence-electron chi connectivity index (χ3n) is 3.67. The second-order valence-electron chi connectivity index (χ2n) is 5.66. The summed E-state index contributed by atoms with van der Waals surface area (Å²) in [5.74, 6) is 0.908. The second-order valence-corrected chi connectivity index (χ2v) is 7.37. The van der Waals surface area contributed by atoms with Crippen LogP contribution in [0, 0.1) is 0 Å². The molecule has 0 aliphatic carbocycles. The van der Waals surface area contributed by atoms with Crippen molar-refractivity contribution in [1.29, 1.82) is 0 Å². The molecule has 0 unspecified atom stereocenters. The molecular weight excluding hydrogens is 490 g/mol. The van der Waals surface area contributed by atoms with Crippen LogP contribution in [0.4, 0.5) is 0 Å². The minimum Gasteiger partial charge on any atom is -0.492 e. The fourth-order valence-corrected chi connectivity index (χ4v) is 3.93. The molecule has 0 radical (unpaired) electrons. The van der Waals surface area contributed by atoms with Crippen LogP contribution in [0.25, 0.3) is 10.9 Å². The van der Waals surface area contributed by atoms with Crippen LogP contribution in [-0.2, 0) is 4.79 Å². The second kappa shape index (κ2) is 9.66. The molecule has 6 nitrogen and oxygen atoms in total. The molecule has 0 aliphatic rings. The van der Waals surface area contributed by atoms with Crippen LogP contribution in [0.3, 0.4) is 0 Å². The van der Waals surface area contributed by atoms with Crippen molar-refractivity contribution in [3.05, 3.63) is 63.2 Å². The zero-order chi connectivity index (χ0) is 19.9. The largest absolute Gasteiger partial charge is 0.492 e. The topological polar surface area (TPSA) is 72.8 Å². The molecule has 1 aromatic heterocycles. The van der Waals surface area contributed by atoms with Gasteiger partial charge in [0.2, 0.25) is 0 Å².